The van der Waals surface area contributed by atoms with Crippen molar-refractivity contribution in [1.29, 1.82) is 0 Å². The van der Waals surface area contributed by atoms with Crippen molar-refractivity contribution in [1.82, 2.24) is 9.88 Å². The van der Waals surface area contributed by atoms with E-state index in [2.05, 4.69) is 20.9 Å². The predicted molar refractivity (Wildman–Crippen MR) is 61.6 cm³/mol. The van der Waals surface area contributed by atoms with Crippen LogP contribution in [0.4, 0.5) is 5.82 Å². The zero-order valence-electron chi connectivity index (χ0n) is 18.0. The molecule has 0 N–H and O–H groups in total. The van der Waals surface area contributed by atoms with E-state index < -0.39 is 33.0 Å². The zero-order valence-corrected chi connectivity index (χ0v) is 8.54. The summed E-state index contributed by atoms with van der Waals surface area (Å²) in [7, 11) is 0. The summed E-state index contributed by atoms with van der Waals surface area (Å²) in [6.07, 6.45) is 1.21. The van der Waals surface area contributed by atoms with Crippen LogP contribution in [0.5, 0.6) is 0 Å². The molecule has 76 valence electrons. The number of hydrogen-bond acceptors (Lipinski definition) is 3. The van der Waals surface area contributed by atoms with Gasteiger partial charge in [-0.1, -0.05) is 0 Å². The van der Waals surface area contributed by atoms with E-state index in [0.717, 1.165) is 0 Å². The summed E-state index contributed by atoms with van der Waals surface area (Å²) in [6.45, 7) is -16.7. The summed E-state index contributed by atoms with van der Waals surface area (Å²) in [5, 5.41) is 0. The quantitative estimate of drug-likeness (QED) is 0.770. The van der Waals surface area contributed by atoms with Gasteiger partial charge in [-0.05, 0) is 35.0 Å². The first-order chi connectivity index (χ1) is 11.0. The van der Waals surface area contributed by atoms with Crippen molar-refractivity contribution in [2.75, 3.05) is 37.9 Å². The topological polar surface area (TPSA) is 19.4 Å². The molecule has 1 fully saturated rings. The lowest BCUT2D eigenvalue weighted by Crippen LogP contribution is -2.44. The van der Waals surface area contributed by atoms with Crippen LogP contribution >= 0.6 is 15.9 Å². The smallest absolute Gasteiger partial charge is 0.128 e. The third-order valence-electron chi connectivity index (χ3n) is 1.49. The molecule has 0 aliphatic carbocycles. The van der Waals surface area contributed by atoms with Gasteiger partial charge in [-0.25, -0.2) is 4.98 Å². The van der Waals surface area contributed by atoms with E-state index >= 15 is 0 Å². The molecule has 0 saturated carbocycles. The fourth-order valence-corrected chi connectivity index (χ4v) is 1.11. The van der Waals surface area contributed by atoms with Crippen molar-refractivity contribution in [3.8, 4) is 0 Å². The highest BCUT2D eigenvalue weighted by molar-refractivity contribution is 9.10. The van der Waals surface area contributed by atoms with Gasteiger partial charge in [0.15, 0.2) is 0 Å². The standard InChI is InChI=1S/C10H14BrN3/c1-13-4-6-14(7-5-13)10-3-2-9(11)8-12-10/h2-3,8H,4-7H2,1H3/i1D3,4D2,5D2,6D2,7D2. The molecule has 1 aromatic rings. The number of hydrogen-bond donors (Lipinski definition) is 0. The van der Waals surface area contributed by atoms with Crippen molar-refractivity contribution in [3.63, 3.8) is 0 Å². The first-order valence-corrected chi connectivity index (χ1v) is 4.50. The Morgan fingerprint density at radius 2 is 2.21 bits per heavy atom. The van der Waals surface area contributed by atoms with Gasteiger partial charge in [-0.15, -0.1) is 0 Å². The number of nitrogens with zero attached hydrogens (tertiary/aromatic N) is 3. The molecule has 0 aromatic carbocycles. The molecule has 0 unspecified atom stereocenters. The molecule has 0 atom stereocenters. The predicted octanol–water partition coefficient (Wildman–Crippen LogP) is 1.60. The summed E-state index contributed by atoms with van der Waals surface area (Å²) < 4.78 is 86.9. The van der Waals surface area contributed by atoms with E-state index in [9.17, 15) is 0 Å². The first-order valence-electron chi connectivity index (χ1n) is 9.21. The van der Waals surface area contributed by atoms with Crippen molar-refractivity contribution >= 4 is 21.7 Å². The second-order valence-electron chi connectivity index (χ2n) is 2.45. The molecule has 1 aliphatic rings. The molecule has 0 bridgehead atoms. The Hall–Kier alpha value is -0.610. The molecule has 0 amide bonds. The fourth-order valence-electron chi connectivity index (χ4n) is 0.871. The summed E-state index contributed by atoms with van der Waals surface area (Å²) in [5.74, 6) is -0.379. The van der Waals surface area contributed by atoms with Gasteiger partial charge in [0.25, 0.3) is 0 Å². The highest BCUT2D eigenvalue weighted by Crippen LogP contribution is 2.15. The van der Waals surface area contributed by atoms with Crippen LogP contribution in [0.2, 0.25) is 0 Å². The molecule has 1 saturated heterocycles. The Morgan fingerprint density at radius 3 is 2.79 bits per heavy atom. The lowest BCUT2D eigenvalue weighted by molar-refractivity contribution is 0.312. The lowest BCUT2D eigenvalue weighted by Gasteiger charge is -2.33. The lowest BCUT2D eigenvalue weighted by atomic mass is 10.3. The van der Waals surface area contributed by atoms with Crippen LogP contribution in [0, 0.1) is 0 Å². The number of aromatic nitrogens is 1. The normalized spacial score (nSPS) is 45.5. The van der Waals surface area contributed by atoms with E-state index in [4.69, 9.17) is 15.1 Å². The van der Waals surface area contributed by atoms with Gasteiger partial charge in [0, 0.05) is 46.3 Å². The number of anilines is 1. The maximum atomic E-state index is 8.09. The van der Waals surface area contributed by atoms with Crippen molar-refractivity contribution < 1.29 is 15.1 Å². The largest absolute Gasteiger partial charge is 0.354 e. The van der Waals surface area contributed by atoms with Crippen LogP contribution in [0.15, 0.2) is 22.8 Å². The van der Waals surface area contributed by atoms with Gasteiger partial charge in [-0.2, -0.15) is 0 Å². The third kappa shape index (κ3) is 2.25. The monoisotopic (exact) mass is 266 g/mol. The summed E-state index contributed by atoms with van der Waals surface area (Å²) in [4.78, 5) is 3.65. The van der Waals surface area contributed by atoms with E-state index in [1.807, 2.05) is 0 Å². The Kier molecular flexibility index (Phi) is 0.974. The molecular weight excluding hydrogens is 242 g/mol. The second-order valence-corrected chi connectivity index (χ2v) is 3.37. The molecule has 2 heterocycles. The Labute approximate surface area is 108 Å². The van der Waals surface area contributed by atoms with Gasteiger partial charge in [0.05, 0.1) is 5.48 Å². The Morgan fingerprint density at radius 1 is 1.43 bits per heavy atom. The molecule has 1 aliphatic heterocycles. The molecule has 0 radical (unpaired) electrons. The molecule has 3 nitrogen and oxygen atoms in total. The van der Waals surface area contributed by atoms with Gasteiger partial charge >= 0.3 is 0 Å². The number of piperazine rings is 1. The Bertz CT molecular complexity index is 629. The van der Waals surface area contributed by atoms with Gasteiger partial charge < -0.3 is 9.80 Å². The molecule has 4 heteroatoms. The van der Waals surface area contributed by atoms with Crippen LogP contribution < -0.4 is 4.90 Å². The van der Waals surface area contributed by atoms with Crippen LogP contribution in [-0.2, 0) is 0 Å². The van der Waals surface area contributed by atoms with Gasteiger partial charge in [0.1, 0.15) is 5.82 Å². The number of rotatable bonds is 1. The van der Waals surface area contributed by atoms with Crippen molar-refractivity contribution in [2.24, 2.45) is 0 Å². The number of likely N-dealkylation sites (N-methyl/N-ethyl adjacent to an activating group) is 1. The molecule has 0 spiro atoms. The van der Waals surface area contributed by atoms with Gasteiger partial charge in [0.2, 0.25) is 0 Å². The van der Waals surface area contributed by atoms with Crippen LogP contribution in [-0.4, -0.2) is 42.8 Å². The fraction of sp³-hybridized carbons (Fsp3) is 0.500. The number of pyridine rings is 1. The summed E-state index contributed by atoms with van der Waals surface area (Å²) in [6, 6.07) is 2.58. The zero-order chi connectivity index (χ0) is 19.6. The number of halogens is 1. The third-order valence-corrected chi connectivity index (χ3v) is 1.96. The molecule has 2 rings (SSSR count). The molecule has 1 aromatic heterocycles. The average Bonchev–Trinajstić information content (AvgIpc) is 2.36. The van der Waals surface area contributed by atoms with Crippen molar-refractivity contribution in [2.45, 2.75) is 0 Å². The van der Waals surface area contributed by atoms with Crippen LogP contribution in [0.1, 0.15) is 15.1 Å². The first kappa shape index (κ1) is 3.19. The van der Waals surface area contributed by atoms with E-state index in [1.165, 1.54) is 18.3 Å². The highest BCUT2D eigenvalue weighted by Gasteiger charge is 2.14. The summed E-state index contributed by atoms with van der Waals surface area (Å²) >= 11 is 3.11. The summed E-state index contributed by atoms with van der Waals surface area (Å²) in [5.41, 5.74) is 0. The maximum Gasteiger partial charge on any atom is 0.128 e. The van der Waals surface area contributed by atoms with E-state index in [-0.39, 0.29) is 15.6 Å². The molecular formula is C10H14BrN3. The van der Waals surface area contributed by atoms with E-state index in [0.29, 0.717) is 4.47 Å². The maximum absolute atomic E-state index is 8.09. The minimum Gasteiger partial charge on any atom is -0.354 e. The second kappa shape index (κ2) is 4.28. The van der Waals surface area contributed by atoms with Crippen LogP contribution in [0.3, 0.4) is 0 Å². The van der Waals surface area contributed by atoms with Crippen molar-refractivity contribution in [3.05, 3.63) is 22.8 Å². The van der Waals surface area contributed by atoms with E-state index in [1.54, 1.807) is 0 Å². The minimum absolute atomic E-state index is 0.203. The van der Waals surface area contributed by atoms with Gasteiger partial charge in [-0.3, -0.25) is 0 Å². The molecule has 14 heavy (non-hydrogen) atoms. The minimum atomic E-state index is -3.42. The SMILES string of the molecule is [2H]C([2H])([2H])N1C([2H])([2H])C([2H])([2H])N(c2ccc(Br)cn2)C([2H])([2H])C1([2H])[2H]. The van der Waals surface area contributed by atoms with Crippen LogP contribution in [0.25, 0.3) is 0 Å². The Balaban J connectivity index is 2.77. The highest BCUT2D eigenvalue weighted by atomic mass is 79.9. The average molecular weight is 267 g/mol.